The van der Waals surface area contributed by atoms with Crippen LogP contribution in [0, 0.1) is 28.6 Å². The monoisotopic (exact) mass is 400 g/mol. The van der Waals surface area contributed by atoms with E-state index in [9.17, 15) is 19.5 Å². The third-order valence-electron chi connectivity index (χ3n) is 8.97. The second-order valence-corrected chi connectivity index (χ2v) is 9.99. The first-order valence-electron chi connectivity index (χ1n) is 10.3. The number of aliphatic hydroxyl groups is 1. The lowest BCUT2D eigenvalue weighted by atomic mass is 9.60. The molecule has 0 amide bonds. The number of fused-ring (bicyclic) bond motifs is 3. The molecule has 9 atom stereocenters. The van der Waals surface area contributed by atoms with Gasteiger partial charge in [0, 0.05) is 11.8 Å². The maximum absolute atomic E-state index is 13.5. The Balaban J connectivity index is 1.59. The number of ketones is 1. The van der Waals surface area contributed by atoms with Crippen molar-refractivity contribution in [2.24, 2.45) is 28.6 Å². The van der Waals surface area contributed by atoms with Crippen molar-refractivity contribution >= 4 is 17.7 Å². The summed E-state index contributed by atoms with van der Waals surface area (Å²) >= 11 is 0. The van der Waals surface area contributed by atoms with E-state index in [4.69, 9.17) is 14.2 Å². The quantitative estimate of drug-likeness (QED) is 0.430. The molecule has 29 heavy (non-hydrogen) atoms. The van der Waals surface area contributed by atoms with Crippen molar-refractivity contribution in [3.63, 3.8) is 0 Å². The Labute approximate surface area is 168 Å². The lowest BCUT2D eigenvalue weighted by Crippen LogP contribution is -2.57. The summed E-state index contributed by atoms with van der Waals surface area (Å²) in [5, 5.41) is 11.2. The van der Waals surface area contributed by atoms with Crippen LogP contribution >= 0.6 is 0 Å². The van der Waals surface area contributed by atoms with Crippen LogP contribution < -0.4 is 0 Å². The van der Waals surface area contributed by atoms with Gasteiger partial charge in [-0.3, -0.25) is 14.4 Å². The van der Waals surface area contributed by atoms with E-state index >= 15 is 0 Å². The van der Waals surface area contributed by atoms with Gasteiger partial charge in [0.15, 0.2) is 5.60 Å². The molecule has 6 rings (SSSR count). The van der Waals surface area contributed by atoms with Crippen LogP contribution in [0.4, 0.5) is 0 Å². The standard InChI is InChI=1S/C22H24O7/c1-4-7-27-17(24)12-14-19(3)16-13(28-16)15(23)22(14,29-18(19)25)11-5-6-21(26)9-20(11,12)8-10(21)2/h4,11-14,16,26H,1-2,5-9H2,3H3/t11-,12?,13+,14-,16+,19+,20+,21+,22-/m1/s1. The first-order valence-corrected chi connectivity index (χ1v) is 10.3. The fourth-order valence-corrected chi connectivity index (χ4v) is 7.93. The molecule has 7 nitrogen and oxygen atoms in total. The second-order valence-electron chi connectivity index (χ2n) is 9.99. The zero-order valence-corrected chi connectivity index (χ0v) is 16.3. The van der Waals surface area contributed by atoms with Crippen molar-refractivity contribution < 1.29 is 33.7 Å². The Bertz CT molecular complexity index is 924. The number of hydrogen-bond donors (Lipinski definition) is 1. The summed E-state index contributed by atoms with van der Waals surface area (Å²) < 4.78 is 17.1. The second kappa shape index (κ2) is 4.83. The molecular formula is C22H24O7. The summed E-state index contributed by atoms with van der Waals surface area (Å²) in [7, 11) is 0. The molecule has 7 heteroatoms. The van der Waals surface area contributed by atoms with E-state index in [1.165, 1.54) is 6.08 Å². The zero-order chi connectivity index (χ0) is 20.6. The summed E-state index contributed by atoms with van der Waals surface area (Å²) in [6.45, 7) is 9.51. The van der Waals surface area contributed by atoms with Crippen LogP contribution in [-0.4, -0.2) is 52.8 Å². The summed E-state index contributed by atoms with van der Waals surface area (Å²) in [5.74, 6) is -2.91. The van der Waals surface area contributed by atoms with Crippen LogP contribution in [0.1, 0.15) is 32.6 Å². The molecule has 1 N–H and O–H groups in total. The number of esters is 2. The molecule has 0 radical (unpaired) electrons. The predicted molar refractivity (Wildman–Crippen MR) is 97.2 cm³/mol. The predicted octanol–water partition coefficient (Wildman–Crippen LogP) is 1.09. The van der Waals surface area contributed by atoms with Crippen LogP contribution in [0.25, 0.3) is 0 Å². The normalized spacial score (nSPS) is 55.7. The van der Waals surface area contributed by atoms with E-state index in [0.29, 0.717) is 31.3 Å². The zero-order valence-electron chi connectivity index (χ0n) is 16.3. The molecule has 2 aliphatic heterocycles. The van der Waals surface area contributed by atoms with Gasteiger partial charge in [-0.1, -0.05) is 19.2 Å². The van der Waals surface area contributed by atoms with E-state index in [1.54, 1.807) is 6.92 Å². The van der Waals surface area contributed by atoms with Gasteiger partial charge in [0.1, 0.15) is 24.2 Å². The molecule has 2 saturated heterocycles. The van der Waals surface area contributed by atoms with Crippen molar-refractivity contribution in [3.05, 3.63) is 24.8 Å². The Kier molecular flexibility index (Phi) is 2.97. The highest BCUT2D eigenvalue weighted by Crippen LogP contribution is 2.79. The summed E-state index contributed by atoms with van der Waals surface area (Å²) in [6.07, 6.45) is 1.99. The minimum absolute atomic E-state index is 0.0447. The van der Waals surface area contributed by atoms with Crippen LogP contribution in [0.5, 0.6) is 0 Å². The number of ether oxygens (including phenoxy) is 3. The van der Waals surface area contributed by atoms with Crippen LogP contribution in [0.3, 0.4) is 0 Å². The highest BCUT2D eigenvalue weighted by atomic mass is 16.6. The Morgan fingerprint density at radius 1 is 1.41 bits per heavy atom. The third-order valence-corrected chi connectivity index (χ3v) is 8.97. The lowest BCUT2D eigenvalue weighted by Gasteiger charge is -2.44. The minimum Gasteiger partial charge on any atom is -0.461 e. The molecule has 0 aromatic carbocycles. The van der Waals surface area contributed by atoms with Gasteiger partial charge in [-0.05, 0) is 43.6 Å². The summed E-state index contributed by atoms with van der Waals surface area (Å²) in [5.41, 5.74) is -3.53. The fourth-order valence-electron chi connectivity index (χ4n) is 7.93. The van der Waals surface area contributed by atoms with Crippen molar-refractivity contribution in [1.82, 2.24) is 0 Å². The molecule has 2 heterocycles. The van der Waals surface area contributed by atoms with Crippen molar-refractivity contribution in [2.45, 2.75) is 56.0 Å². The van der Waals surface area contributed by atoms with Gasteiger partial charge < -0.3 is 19.3 Å². The number of Topliss-reactive ketones (excluding diaryl/α,β-unsaturated/α-hetero) is 1. The van der Waals surface area contributed by atoms with Crippen molar-refractivity contribution in [3.8, 4) is 0 Å². The molecule has 6 aliphatic rings. The van der Waals surface area contributed by atoms with Crippen molar-refractivity contribution in [1.29, 1.82) is 0 Å². The van der Waals surface area contributed by atoms with Gasteiger partial charge in [-0.25, -0.2) is 0 Å². The average Bonchev–Trinajstić information content (AvgIpc) is 3.36. The van der Waals surface area contributed by atoms with Gasteiger partial charge in [0.05, 0.1) is 11.5 Å². The molecule has 4 saturated carbocycles. The highest BCUT2D eigenvalue weighted by Gasteiger charge is 2.91. The number of epoxide rings is 1. The Hall–Kier alpha value is -1.99. The van der Waals surface area contributed by atoms with Crippen LogP contribution in [-0.2, 0) is 28.6 Å². The summed E-state index contributed by atoms with van der Waals surface area (Å²) in [6, 6.07) is 0. The largest absolute Gasteiger partial charge is 0.461 e. The fraction of sp³-hybridized carbons (Fsp3) is 0.682. The van der Waals surface area contributed by atoms with Gasteiger partial charge >= 0.3 is 11.9 Å². The number of hydrogen-bond acceptors (Lipinski definition) is 7. The van der Waals surface area contributed by atoms with Gasteiger partial charge in [-0.15, -0.1) is 0 Å². The minimum atomic E-state index is -1.38. The maximum Gasteiger partial charge on any atom is 0.316 e. The first-order chi connectivity index (χ1) is 13.7. The molecule has 4 bridgehead atoms. The van der Waals surface area contributed by atoms with Gasteiger partial charge in [0.25, 0.3) is 0 Å². The Morgan fingerprint density at radius 3 is 2.90 bits per heavy atom. The van der Waals surface area contributed by atoms with E-state index in [-0.39, 0.29) is 18.3 Å². The average molecular weight is 400 g/mol. The first kappa shape index (κ1) is 17.8. The SMILES string of the molecule is C=CCOC(=O)C1[C@@H]2[C@]3(C)C(=O)O[C@]2(C(=O)[C@@H]2O[C@@H]23)[C@@H]2CC[C@]3(O)C[C@]12CC3=C. The highest BCUT2D eigenvalue weighted by molar-refractivity contribution is 6.05. The van der Waals surface area contributed by atoms with E-state index in [2.05, 4.69) is 13.2 Å². The molecule has 0 aromatic rings. The molecule has 0 aromatic heterocycles. The molecule has 1 spiro atoms. The number of rotatable bonds is 3. The lowest BCUT2D eigenvalue weighted by molar-refractivity contribution is -0.171. The molecule has 4 aliphatic carbocycles. The Morgan fingerprint density at radius 2 is 2.17 bits per heavy atom. The van der Waals surface area contributed by atoms with Crippen molar-refractivity contribution in [2.75, 3.05) is 6.61 Å². The van der Waals surface area contributed by atoms with Crippen LogP contribution in [0.2, 0.25) is 0 Å². The topological polar surface area (TPSA) is 102 Å². The molecule has 154 valence electrons. The number of carbonyl (C=O) groups is 3. The van der Waals surface area contributed by atoms with Gasteiger partial charge in [0.2, 0.25) is 5.78 Å². The molecule has 1 unspecified atom stereocenters. The molecule has 6 fully saturated rings. The van der Waals surface area contributed by atoms with Crippen LogP contribution in [0.15, 0.2) is 24.8 Å². The third kappa shape index (κ3) is 1.63. The van der Waals surface area contributed by atoms with Gasteiger partial charge in [-0.2, -0.15) is 0 Å². The van der Waals surface area contributed by atoms with E-state index < -0.39 is 58.0 Å². The summed E-state index contributed by atoms with van der Waals surface area (Å²) in [4.78, 5) is 40.0. The van der Waals surface area contributed by atoms with E-state index in [0.717, 1.165) is 0 Å². The smallest absolute Gasteiger partial charge is 0.316 e. The molecular weight excluding hydrogens is 376 g/mol. The van der Waals surface area contributed by atoms with E-state index in [1.807, 2.05) is 0 Å². The maximum atomic E-state index is 13.5. The number of carbonyl (C=O) groups excluding carboxylic acids is 3.